The number of hydrogen-bond donors (Lipinski definition) is 2. The number of rotatable bonds is 1. The van der Waals surface area contributed by atoms with E-state index >= 15 is 0 Å². The predicted molar refractivity (Wildman–Crippen MR) is 80.0 cm³/mol. The summed E-state index contributed by atoms with van der Waals surface area (Å²) in [7, 11) is 0. The molecular weight excluding hydrogens is 252 g/mol. The Balaban J connectivity index is 0.000000328. The molecule has 0 aliphatic carbocycles. The number of fused-ring (bicyclic) bond motifs is 1. The first-order valence-corrected chi connectivity index (χ1v) is 6.13. The van der Waals surface area contributed by atoms with Crippen molar-refractivity contribution >= 4 is 16.9 Å². The van der Waals surface area contributed by atoms with E-state index in [0.717, 1.165) is 0 Å². The SMILES string of the molecule is O=C(O)O.c1ccc(-c2ccc3ccccc3c2)cc1. The summed E-state index contributed by atoms with van der Waals surface area (Å²) in [6, 6.07) is 25.5. The van der Waals surface area contributed by atoms with Crippen LogP contribution in [0.2, 0.25) is 0 Å². The zero-order chi connectivity index (χ0) is 14.4. The van der Waals surface area contributed by atoms with Gasteiger partial charge < -0.3 is 10.2 Å². The highest BCUT2D eigenvalue weighted by Crippen LogP contribution is 2.23. The minimum absolute atomic E-state index is 1.27. The quantitative estimate of drug-likeness (QED) is 0.669. The van der Waals surface area contributed by atoms with Crippen LogP contribution in [0.25, 0.3) is 21.9 Å². The summed E-state index contributed by atoms with van der Waals surface area (Å²) in [5, 5.41) is 16.5. The minimum atomic E-state index is -1.83. The molecule has 3 nitrogen and oxygen atoms in total. The van der Waals surface area contributed by atoms with Gasteiger partial charge in [0.1, 0.15) is 0 Å². The zero-order valence-electron chi connectivity index (χ0n) is 10.7. The van der Waals surface area contributed by atoms with Crippen molar-refractivity contribution in [3.63, 3.8) is 0 Å². The third kappa shape index (κ3) is 3.59. The first-order valence-electron chi connectivity index (χ1n) is 6.13. The summed E-state index contributed by atoms with van der Waals surface area (Å²) in [5.74, 6) is 0. The van der Waals surface area contributed by atoms with Crippen LogP contribution in [0.4, 0.5) is 4.79 Å². The Kier molecular flexibility index (Phi) is 4.35. The van der Waals surface area contributed by atoms with Crippen molar-refractivity contribution in [1.82, 2.24) is 0 Å². The van der Waals surface area contributed by atoms with Crippen molar-refractivity contribution in [3.8, 4) is 11.1 Å². The number of hydrogen-bond acceptors (Lipinski definition) is 1. The average Bonchev–Trinajstić information content (AvgIpc) is 2.47. The Bertz CT molecular complexity index is 702. The van der Waals surface area contributed by atoms with Crippen molar-refractivity contribution in [2.75, 3.05) is 0 Å². The third-order valence-corrected chi connectivity index (χ3v) is 2.86. The summed E-state index contributed by atoms with van der Waals surface area (Å²) in [6.07, 6.45) is -1.83. The lowest BCUT2D eigenvalue weighted by molar-refractivity contribution is 0.137. The lowest BCUT2D eigenvalue weighted by Gasteiger charge is -2.03. The second-order valence-electron chi connectivity index (χ2n) is 4.21. The van der Waals surface area contributed by atoms with Crippen molar-refractivity contribution in [2.24, 2.45) is 0 Å². The van der Waals surface area contributed by atoms with Crippen LogP contribution in [-0.4, -0.2) is 16.4 Å². The van der Waals surface area contributed by atoms with E-state index in [-0.39, 0.29) is 0 Å². The van der Waals surface area contributed by atoms with Crippen molar-refractivity contribution in [3.05, 3.63) is 72.8 Å². The van der Waals surface area contributed by atoms with Gasteiger partial charge >= 0.3 is 6.16 Å². The van der Waals surface area contributed by atoms with Gasteiger partial charge in [0.2, 0.25) is 0 Å². The van der Waals surface area contributed by atoms with E-state index in [1.54, 1.807) is 0 Å². The van der Waals surface area contributed by atoms with E-state index in [1.165, 1.54) is 21.9 Å². The van der Waals surface area contributed by atoms with Crippen molar-refractivity contribution in [2.45, 2.75) is 0 Å². The van der Waals surface area contributed by atoms with Gasteiger partial charge in [0, 0.05) is 0 Å². The van der Waals surface area contributed by atoms with Gasteiger partial charge in [0.05, 0.1) is 0 Å². The lowest BCUT2D eigenvalue weighted by Crippen LogP contribution is -1.81. The van der Waals surface area contributed by atoms with Crippen molar-refractivity contribution < 1.29 is 15.0 Å². The first kappa shape index (κ1) is 13.6. The molecule has 0 aliphatic rings. The van der Waals surface area contributed by atoms with Crippen molar-refractivity contribution in [1.29, 1.82) is 0 Å². The van der Waals surface area contributed by atoms with Crippen LogP contribution in [0.15, 0.2) is 72.8 Å². The van der Waals surface area contributed by atoms with E-state index in [0.29, 0.717) is 0 Å². The van der Waals surface area contributed by atoms with E-state index in [9.17, 15) is 0 Å². The van der Waals surface area contributed by atoms with E-state index < -0.39 is 6.16 Å². The molecule has 3 aromatic rings. The Morgan fingerprint density at radius 1 is 0.650 bits per heavy atom. The zero-order valence-corrected chi connectivity index (χ0v) is 10.7. The normalized spacial score (nSPS) is 9.60. The average molecular weight is 266 g/mol. The fourth-order valence-corrected chi connectivity index (χ4v) is 2.00. The molecule has 0 fully saturated rings. The van der Waals surface area contributed by atoms with Crippen LogP contribution in [0.5, 0.6) is 0 Å². The monoisotopic (exact) mass is 266 g/mol. The molecule has 20 heavy (non-hydrogen) atoms. The second kappa shape index (κ2) is 6.38. The van der Waals surface area contributed by atoms with Gasteiger partial charge in [-0.05, 0) is 28.0 Å². The highest BCUT2D eigenvalue weighted by atomic mass is 16.6. The Morgan fingerprint density at radius 3 is 1.85 bits per heavy atom. The molecule has 0 saturated heterocycles. The number of benzene rings is 3. The topological polar surface area (TPSA) is 57.5 Å². The first-order chi connectivity index (χ1) is 9.66. The smallest absolute Gasteiger partial charge is 0.450 e. The molecule has 0 spiro atoms. The third-order valence-electron chi connectivity index (χ3n) is 2.86. The van der Waals surface area contributed by atoms with E-state index in [2.05, 4.69) is 66.7 Å². The van der Waals surface area contributed by atoms with Crippen LogP contribution in [0.3, 0.4) is 0 Å². The molecule has 2 N–H and O–H groups in total. The summed E-state index contributed by atoms with van der Waals surface area (Å²) in [6.45, 7) is 0. The highest BCUT2D eigenvalue weighted by Gasteiger charge is 1.97. The van der Waals surface area contributed by atoms with Gasteiger partial charge in [0.25, 0.3) is 0 Å². The molecular formula is C17H14O3. The molecule has 0 atom stereocenters. The molecule has 3 heteroatoms. The molecule has 0 heterocycles. The summed E-state index contributed by atoms with van der Waals surface area (Å²) >= 11 is 0. The Hall–Kier alpha value is -2.81. The maximum absolute atomic E-state index is 8.56. The van der Waals surface area contributed by atoms with Gasteiger partial charge in [-0.2, -0.15) is 0 Å². The maximum Gasteiger partial charge on any atom is 0.503 e. The van der Waals surface area contributed by atoms with E-state index in [4.69, 9.17) is 15.0 Å². The molecule has 0 unspecified atom stereocenters. The fraction of sp³-hybridized carbons (Fsp3) is 0. The Morgan fingerprint density at radius 2 is 1.20 bits per heavy atom. The van der Waals surface area contributed by atoms with Gasteiger partial charge in [0.15, 0.2) is 0 Å². The van der Waals surface area contributed by atoms with Gasteiger partial charge in [-0.3, -0.25) is 0 Å². The summed E-state index contributed by atoms with van der Waals surface area (Å²) in [5.41, 5.74) is 2.55. The predicted octanol–water partition coefficient (Wildman–Crippen LogP) is 4.73. The highest BCUT2D eigenvalue weighted by molar-refractivity contribution is 5.87. The molecule has 0 aromatic heterocycles. The molecule has 0 saturated carbocycles. The largest absolute Gasteiger partial charge is 0.503 e. The Labute approximate surface area is 116 Å². The van der Waals surface area contributed by atoms with E-state index in [1.807, 2.05) is 6.07 Å². The molecule has 0 bridgehead atoms. The fourth-order valence-electron chi connectivity index (χ4n) is 2.00. The molecule has 100 valence electrons. The number of carbonyl (C=O) groups is 1. The lowest BCUT2D eigenvalue weighted by atomic mass is 10.0. The molecule has 3 aromatic carbocycles. The number of carboxylic acid groups (broad SMARTS) is 2. The second-order valence-corrected chi connectivity index (χ2v) is 4.21. The summed E-state index contributed by atoms with van der Waals surface area (Å²) in [4.78, 5) is 8.56. The van der Waals surface area contributed by atoms with Crippen LogP contribution < -0.4 is 0 Å². The summed E-state index contributed by atoms with van der Waals surface area (Å²) < 4.78 is 0. The van der Waals surface area contributed by atoms with Crippen LogP contribution >= 0.6 is 0 Å². The van der Waals surface area contributed by atoms with Gasteiger partial charge in [-0.25, -0.2) is 4.79 Å². The van der Waals surface area contributed by atoms with Crippen LogP contribution in [0.1, 0.15) is 0 Å². The molecule has 0 amide bonds. The van der Waals surface area contributed by atoms with Gasteiger partial charge in [-0.15, -0.1) is 0 Å². The minimum Gasteiger partial charge on any atom is -0.450 e. The van der Waals surface area contributed by atoms with Crippen LogP contribution in [-0.2, 0) is 0 Å². The van der Waals surface area contributed by atoms with Crippen LogP contribution in [0, 0.1) is 0 Å². The molecule has 3 rings (SSSR count). The molecule has 0 radical (unpaired) electrons. The maximum atomic E-state index is 8.56. The molecule has 0 aliphatic heterocycles. The van der Waals surface area contributed by atoms with Gasteiger partial charge in [-0.1, -0.05) is 66.7 Å². The standard InChI is InChI=1S/C16H12.CH2O3/c1-2-6-13(7-3-1)16-11-10-14-8-4-5-9-15(14)12-16;2-1(3)4/h1-12H;(H2,2,3,4).